The van der Waals surface area contributed by atoms with Crippen molar-refractivity contribution in [1.29, 1.82) is 0 Å². The Bertz CT molecular complexity index is 712. The maximum atomic E-state index is 12.1. The van der Waals surface area contributed by atoms with E-state index in [0.717, 1.165) is 30.8 Å². The molecule has 4 heteroatoms. The number of nitrogens with one attached hydrogen (secondary N) is 1. The van der Waals surface area contributed by atoms with Crippen LogP contribution in [0.1, 0.15) is 25.0 Å². The summed E-state index contributed by atoms with van der Waals surface area (Å²) < 4.78 is 5.37. The first-order valence-electron chi connectivity index (χ1n) is 8.45. The second-order valence-corrected chi connectivity index (χ2v) is 6.37. The molecule has 1 amide bonds. The molecule has 0 saturated carbocycles. The zero-order chi connectivity index (χ0) is 16.9. The van der Waals surface area contributed by atoms with Crippen molar-refractivity contribution in [2.75, 3.05) is 23.4 Å². The van der Waals surface area contributed by atoms with Gasteiger partial charge in [0.2, 0.25) is 5.91 Å². The molecule has 0 spiro atoms. The fraction of sp³-hybridized carbons (Fsp3) is 0.350. The average molecular weight is 324 g/mol. The van der Waals surface area contributed by atoms with Crippen LogP contribution in [-0.2, 0) is 22.5 Å². The van der Waals surface area contributed by atoms with E-state index in [9.17, 15) is 4.79 Å². The van der Waals surface area contributed by atoms with Crippen molar-refractivity contribution in [2.45, 2.75) is 32.9 Å². The van der Waals surface area contributed by atoms with Crippen LogP contribution >= 0.6 is 0 Å². The van der Waals surface area contributed by atoms with Crippen LogP contribution in [0.2, 0.25) is 0 Å². The number of carbonyl (C=O) groups is 1. The number of hydrogen-bond donors (Lipinski definition) is 1. The molecule has 0 bridgehead atoms. The van der Waals surface area contributed by atoms with Crippen molar-refractivity contribution in [2.24, 2.45) is 0 Å². The Morgan fingerprint density at radius 1 is 1.17 bits per heavy atom. The number of ether oxygens (including phenoxy) is 1. The van der Waals surface area contributed by atoms with Crippen LogP contribution in [0.15, 0.2) is 48.5 Å². The molecule has 3 rings (SSSR count). The Balaban J connectivity index is 1.70. The van der Waals surface area contributed by atoms with E-state index in [-0.39, 0.29) is 18.6 Å². The summed E-state index contributed by atoms with van der Waals surface area (Å²) in [5.74, 6) is -0.113. The van der Waals surface area contributed by atoms with Crippen LogP contribution in [0.3, 0.4) is 0 Å². The van der Waals surface area contributed by atoms with Gasteiger partial charge in [-0.05, 0) is 43.5 Å². The van der Waals surface area contributed by atoms with E-state index in [0.29, 0.717) is 0 Å². The number of hydrogen-bond acceptors (Lipinski definition) is 3. The summed E-state index contributed by atoms with van der Waals surface area (Å²) in [5, 5.41) is 2.97. The van der Waals surface area contributed by atoms with Crippen LogP contribution in [0, 0.1) is 0 Å². The highest BCUT2D eigenvalue weighted by Gasteiger charge is 2.19. The number of rotatable bonds is 6. The number of anilines is 2. The summed E-state index contributed by atoms with van der Waals surface area (Å²) in [4.78, 5) is 14.4. The first kappa shape index (κ1) is 16.5. The van der Waals surface area contributed by atoms with Gasteiger partial charge in [0, 0.05) is 24.5 Å². The summed E-state index contributed by atoms with van der Waals surface area (Å²) in [6.07, 6.45) is 1.12. The first-order valence-corrected chi connectivity index (χ1v) is 8.45. The Morgan fingerprint density at radius 3 is 2.75 bits per heavy atom. The standard InChI is InChI=1S/C20H24N2O2/c1-15(2)24-14-20(23)21-18-9-5-3-8-17(18)13-22-12-11-16-7-4-6-10-19(16)22/h3-10,15H,11-14H2,1-2H3,(H,21,23). The maximum Gasteiger partial charge on any atom is 0.250 e. The molecule has 0 unspecified atom stereocenters. The third-order valence-electron chi connectivity index (χ3n) is 4.18. The molecule has 2 aromatic carbocycles. The molecule has 1 N–H and O–H groups in total. The summed E-state index contributed by atoms with van der Waals surface area (Å²) in [5.41, 5.74) is 4.66. The second kappa shape index (κ2) is 7.49. The van der Waals surface area contributed by atoms with E-state index in [4.69, 9.17) is 4.74 Å². The second-order valence-electron chi connectivity index (χ2n) is 6.37. The maximum absolute atomic E-state index is 12.1. The predicted octanol–water partition coefficient (Wildman–Crippen LogP) is 3.61. The van der Waals surface area contributed by atoms with Crippen molar-refractivity contribution in [3.8, 4) is 0 Å². The lowest BCUT2D eigenvalue weighted by atomic mass is 10.1. The van der Waals surface area contributed by atoms with Gasteiger partial charge >= 0.3 is 0 Å². The summed E-state index contributed by atoms with van der Waals surface area (Å²) in [7, 11) is 0. The lowest BCUT2D eigenvalue weighted by Crippen LogP contribution is -2.24. The molecular formula is C20H24N2O2. The van der Waals surface area contributed by atoms with Crippen LogP contribution in [0.25, 0.3) is 0 Å². The predicted molar refractivity (Wildman–Crippen MR) is 97.4 cm³/mol. The van der Waals surface area contributed by atoms with Gasteiger partial charge in [-0.3, -0.25) is 4.79 Å². The average Bonchev–Trinajstić information content (AvgIpc) is 2.98. The molecule has 2 aromatic rings. The van der Waals surface area contributed by atoms with Crippen molar-refractivity contribution in [3.63, 3.8) is 0 Å². The molecule has 24 heavy (non-hydrogen) atoms. The van der Waals surface area contributed by atoms with Gasteiger partial charge < -0.3 is 15.0 Å². The van der Waals surface area contributed by atoms with E-state index in [1.807, 2.05) is 32.0 Å². The lowest BCUT2D eigenvalue weighted by molar-refractivity contribution is -0.121. The molecule has 0 aromatic heterocycles. The van der Waals surface area contributed by atoms with Gasteiger partial charge in [0.1, 0.15) is 6.61 Å². The van der Waals surface area contributed by atoms with Gasteiger partial charge in [0.15, 0.2) is 0 Å². The molecular weight excluding hydrogens is 300 g/mol. The molecule has 0 fully saturated rings. The van der Waals surface area contributed by atoms with Gasteiger partial charge in [-0.15, -0.1) is 0 Å². The molecule has 1 heterocycles. The largest absolute Gasteiger partial charge is 0.369 e. The number of para-hydroxylation sites is 2. The quantitative estimate of drug-likeness (QED) is 0.882. The summed E-state index contributed by atoms with van der Waals surface area (Å²) in [6, 6.07) is 16.5. The highest BCUT2D eigenvalue weighted by atomic mass is 16.5. The Labute approximate surface area is 143 Å². The van der Waals surface area contributed by atoms with Crippen LogP contribution < -0.4 is 10.2 Å². The smallest absolute Gasteiger partial charge is 0.250 e. The van der Waals surface area contributed by atoms with E-state index < -0.39 is 0 Å². The molecule has 0 aliphatic carbocycles. The highest BCUT2D eigenvalue weighted by Crippen LogP contribution is 2.30. The molecule has 126 valence electrons. The zero-order valence-electron chi connectivity index (χ0n) is 14.3. The minimum Gasteiger partial charge on any atom is -0.369 e. The van der Waals surface area contributed by atoms with Crippen LogP contribution in [-0.4, -0.2) is 25.2 Å². The van der Waals surface area contributed by atoms with Crippen molar-refractivity contribution >= 4 is 17.3 Å². The highest BCUT2D eigenvalue weighted by molar-refractivity contribution is 5.92. The SMILES string of the molecule is CC(C)OCC(=O)Nc1ccccc1CN1CCc2ccccc21. The van der Waals surface area contributed by atoms with E-state index in [1.54, 1.807) is 0 Å². The van der Waals surface area contributed by atoms with Crippen LogP contribution in [0.4, 0.5) is 11.4 Å². The number of nitrogens with zero attached hydrogens (tertiary/aromatic N) is 1. The third kappa shape index (κ3) is 3.95. The first-order chi connectivity index (χ1) is 11.6. The topological polar surface area (TPSA) is 41.6 Å². The number of benzene rings is 2. The van der Waals surface area contributed by atoms with Crippen molar-refractivity contribution in [3.05, 3.63) is 59.7 Å². The van der Waals surface area contributed by atoms with Gasteiger partial charge in [-0.1, -0.05) is 36.4 Å². The van der Waals surface area contributed by atoms with E-state index in [2.05, 4.69) is 40.5 Å². The Kier molecular flexibility index (Phi) is 5.16. The van der Waals surface area contributed by atoms with Crippen LogP contribution in [0.5, 0.6) is 0 Å². The number of fused-ring (bicyclic) bond motifs is 1. The number of amides is 1. The molecule has 0 radical (unpaired) electrons. The Morgan fingerprint density at radius 2 is 1.92 bits per heavy atom. The summed E-state index contributed by atoms with van der Waals surface area (Å²) in [6.45, 7) is 5.73. The molecule has 1 aliphatic heterocycles. The lowest BCUT2D eigenvalue weighted by Gasteiger charge is -2.21. The van der Waals surface area contributed by atoms with E-state index in [1.165, 1.54) is 11.3 Å². The van der Waals surface area contributed by atoms with Gasteiger partial charge in [-0.25, -0.2) is 0 Å². The molecule has 1 aliphatic rings. The zero-order valence-corrected chi connectivity index (χ0v) is 14.3. The van der Waals surface area contributed by atoms with Gasteiger partial charge in [0.25, 0.3) is 0 Å². The fourth-order valence-electron chi connectivity index (χ4n) is 2.99. The normalized spacial score (nSPS) is 13.2. The Hall–Kier alpha value is -2.33. The van der Waals surface area contributed by atoms with Crippen molar-refractivity contribution < 1.29 is 9.53 Å². The van der Waals surface area contributed by atoms with Gasteiger partial charge in [0.05, 0.1) is 6.10 Å². The molecule has 0 atom stereocenters. The minimum absolute atomic E-state index is 0.0482. The minimum atomic E-state index is -0.113. The van der Waals surface area contributed by atoms with Crippen molar-refractivity contribution in [1.82, 2.24) is 0 Å². The number of carbonyl (C=O) groups excluding carboxylic acids is 1. The fourth-order valence-corrected chi connectivity index (χ4v) is 2.99. The molecule has 4 nitrogen and oxygen atoms in total. The molecule has 0 saturated heterocycles. The van der Waals surface area contributed by atoms with Gasteiger partial charge in [-0.2, -0.15) is 0 Å². The summed E-state index contributed by atoms with van der Waals surface area (Å²) >= 11 is 0. The van der Waals surface area contributed by atoms with E-state index >= 15 is 0 Å². The third-order valence-corrected chi connectivity index (χ3v) is 4.18. The monoisotopic (exact) mass is 324 g/mol.